The highest BCUT2D eigenvalue weighted by Gasteiger charge is 2.71. The van der Waals surface area contributed by atoms with Gasteiger partial charge in [0.25, 0.3) is 11.8 Å². The summed E-state index contributed by atoms with van der Waals surface area (Å²) in [6, 6.07) is 7.57. The number of hydrogen-bond donors (Lipinski definition) is 1. The fourth-order valence-electron chi connectivity index (χ4n) is 4.77. The SMILES string of the molecule is O=C(COc1ccc(Cl)c(F)c1)NC12CC(c3nnc(COc4cnc5ccoc5c4)o3)(C1)C2. The van der Waals surface area contributed by atoms with E-state index in [0.717, 1.165) is 11.6 Å². The third kappa shape index (κ3) is 3.63. The van der Waals surface area contributed by atoms with Crippen molar-refractivity contribution in [1.82, 2.24) is 20.5 Å². The van der Waals surface area contributed by atoms with Gasteiger partial charge in [0.05, 0.1) is 22.9 Å². The third-order valence-corrected chi connectivity index (χ3v) is 6.56. The fraction of sp³-hybridized carbons (Fsp3) is 0.304. The highest BCUT2D eigenvalue weighted by atomic mass is 35.5. The lowest BCUT2D eigenvalue weighted by Gasteiger charge is -2.68. The summed E-state index contributed by atoms with van der Waals surface area (Å²) < 4.78 is 35.7. The zero-order valence-electron chi connectivity index (χ0n) is 17.7. The van der Waals surface area contributed by atoms with Crippen LogP contribution in [-0.2, 0) is 16.8 Å². The van der Waals surface area contributed by atoms with Crippen molar-refractivity contribution >= 4 is 28.6 Å². The van der Waals surface area contributed by atoms with Gasteiger partial charge >= 0.3 is 0 Å². The number of amides is 1. The van der Waals surface area contributed by atoms with E-state index < -0.39 is 5.82 Å². The number of carbonyl (C=O) groups excluding carboxylic acids is 1. The van der Waals surface area contributed by atoms with Crippen molar-refractivity contribution in [3.8, 4) is 11.5 Å². The minimum atomic E-state index is -0.597. The number of furan rings is 1. The molecule has 0 spiro atoms. The predicted molar refractivity (Wildman–Crippen MR) is 116 cm³/mol. The van der Waals surface area contributed by atoms with Crippen molar-refractivity contribution in [3.05, 3.63) is 65.4 Å². The van der Waals surface area contributed by atoms with E-state index in [9.17, 15) is 9.18 Å². The van der Waals surface area contributed by atoms with Crippen LogP contribution >= 0.6 is 11.6 Å². The maximum atomic E-state index is 13.5. The van der Waals surface area contributed by atoms with Gasteiger partial charge in [-0.1, -0.05) is 11.6 Å². The molecule has 4 aromatic rings. The normalized spacial score (nSPS) is 22.6. The molecule has 0 radical (unpaired) electrons. The lowest BCUT2D eigenvalue weighted by Crippen LogP contribution is -2.77. The summed E-state index contributed by atoms with van der Waals surface area (Å²) in [5.74, 6) is 0.825. The Kier molecular flexibility index (Phi) is 4.73. The lowest BCUT2D eigenvalue weighted by atomic mass is 9.39. The Morgan fingerprint density at radius 2 is 2.00 bits per heavy atom. The number of ether oxygens (including phenoxy) is 2. The Bertz CT molecular complexity index is 1380. The number of pyridine rings is 1. The summed E-state index contributed by atoms with van der Waals surface area (Å²) >= 11 is 5.65. The standard InChI is InChI=1S/C23H18ClFN4O5/c24-15-2-1-13(5-16(15)25)32-8-19(30)27-23-10-22(11-23,12-23)21-29-28-20(34-21)9-33-14-6-18-17(26-7-14)3-4-31-18/h1-7H,8-12H2,(H,27,30). The number of rotatable bonds is 8. The van der Waals surface area contributed by atoms with Crippen molar-refractivity contribution < 1.29 is 27.5 Å². The van der Waals surface area contributed by atoms with Crippen molar-refractivity contribution in [2.45, 2.75) is 36.8 Å². The Hall–Kier alpha value is -3.66. The molecule has 3 heterocycles. The van der Waals surface area contributed by atoms with Gasteiger partial charge in [0.15, 0.2) is 18.8 Å². The van der Waals surface area contributed by atoms with Crippen molar-refractivity contribution in [3.63, 3.8) is 0 Å². The van der Waals surface area contributed by atoms with Gasteiger partial charge in [-0.3, -0.25) is 4.79 Å². The Morgan fingerprint density at radius 1 is 1.15 bits per heavy atom. The Morgan fingerprint density at radius 3 is 2.82 bits per heavy atom. The monoisotopic (exact) mass is 484 g/mol. The molecule has 7 rings (SSSR count). The van der Waals surface area contributed by atoms with Gasteiger partial charge in [0, 0.05) is 23.7 Å². The van der Waals surface area contributed by atoms with E-state index in [2.05, 4.69) is 20.5 Å². The summed E-state index contributed by atoms with van der Waals surface area (Å²) in [6.07, 6.45) is 5.31. The van der Waals surface area contributed by atoms with Crippen LogP contribution in [0.15, 0.2) is 51.6 Å². The second-order valence-corrected chi connectivity index (χ2v) is 9.18. The van der Waals surface area contributed by atoms with E-state index in [1.165, 1.54) is 12.1 Å². The van der Waals surface area contributed by atoms with Crippen LogP contribution in [0.3, 0.4) is 0 Å². The van der Waals surface area contributed by atoms with Gasteiger partial charge in [0.2, 0.25) is 5.89 Å². The van der Waals surface area contributed by atoms with E-state index in [-0.39, 0.29) is 40.8 Å². The second kappa shape index (κ2) is 7.69. The van der Waals surface area contributed by atoms with Gasteiger partial charge in [0.1, 0.15) is 22.8 Å². The first kappa shape index (κ1) is 20.9. The van der Waals surface area contributed by atoms with Crippen LogP contribution in [-0.4, -0.2) is 33.2 Å². The molecule has 1 amide bonds. The molecule has 3 aliphatic rings. The number of nitrogens with zero attached hydrogens (tertiary/aromatic N) is 3. The quantitative estimate of drug-likeness (QED) is 0.400. The summed E-state index contributed by atoms with van der Waals surface area (Å²) in [5, 5.41) is 11.3. The smallest absolute Gasteiger partial charge is 0.258 e. The molecule has 2 bridgehead atoms. The molecule has 1 aromatic carbocycles. The Labute approximate surface area is 197 Å². The summed E-state index contributed by atoms with van der Waals surface area (Å²) in [5.41, 5.74) is 0.882. The summed E-state index contributed by atoms with van der Waals surface area (Å²) in [6.45, 7) is -0.0992. The lowest BCUT2D eigenvalue weighted by molar-refractivity contribution is -0.143. The number of nitrogens with one attached hydrogen (secondary N) is 1. The molecule has 3 aliphatic carbocycles. The van der Waals surface area contributed by atoms with Gasteiger partial charge in [-0.25, -0.2) is 9.37 Å². The highest BCUT2D eigenvalue weighted by molar-refractivity contribution is 6.30. The average molecular weight is 485 g/mol. The molecule has 1 N–H and O–H groups in total. The van der Waals surface area contributed by atoms with Crippen LogP contribution in [0.25, 0.3) is 11.1 Å². The minimum absolute atomic E-state index is 0.000833. The van der Waals surface area contributed by atoms with E-state index in [4.69, 9.17) is 29.9 Å². The molecule has 0 atom stereocenters. The molecular formula is C23H18ClFN4O5. The molecule has 34 heavy (non-hydrogen) atoms. The number of aromatic nitrogens is 3. The zero-order chi connectivity index (χ0) is 23.3. The molecule has 0 aliphatic heterocycles. The highest BCUT2D eigenvalue weighted by Crippen LogP contribution is 2.67. The first-order chi connectivity index (χ1) is 16.4. The minimum Gasteiger partial charge on any atom is -0.484 e. The second-order valence-electron chi connectivity index (χ2n) is 8.77. The fourth-order valence-corrected chi connectivity index (χ4v) is 4.89. The average Bonchev–Trinajstić information content (AvgIpc) is 3.43. The number of halogens is 2. The van der Waals surface area contributed by atoms with Gasteiger partial charge in [-0.2, -0.15) is 0 Å². The van der Waals surface area contributed by atoms with Crippen molar-refractivity contribution in [2.75, 3.05) is 6.61 Å². The molecule has 11 heteroatoms. The maximum Gasteiger partial charge on any atom is 0.258 e. The van der Waals surface area contributed by atoms with Crippen LogP contribution < -0.4 is 14.8 Å². The van der Waals surface area contributed by atoms with Gasteiger partial charge < -0.3 is 23.6 Å². The Balaban J connectivity index is 0.995. The van der Waals surface area contributed by atoms with Gasteiger partial charge in [-0.05, 0) is 31.4 Å². The molecule has 9 nitrogen and oxygen atoms in total. The van der Waals surface area contributed by atoms with Gasteiger partial charge in [-0.15, -0.1) is 10.2 Å². The molecule has 3 aromatic heterocycles. The van der Waals surface area contributed by atoms with Crippen LogP contribution in [0, 0.1) is 5.82 Å². The summed E-state index contributed by atoms with van der Waals surface area (Å²) in [4.78, 5) is 16.5. The van der Waals surface area contributed by atoms with E-state index in [1.54, 1.807) is 24.6 Å². The number of benzene rings is 1. The molecule has 3 saturated carbocycles. The molecule has 174 valence electrons. The molecule has 0 unspecified atom stereocenters. The van der Waals surface area contributed by atoms with Crippen LogP contribution in [0.4, 0.5) is 4.39 Å². The number of fused-ring (bicyclic) bond motifs is 1. The predicted octanol–water partition coefficient (Wildman–Crippen LogP) is 3.95. The number of hydrogen-bond acceptors (Lipinski definition) is 8. The first-order valence-electron chi connectivity index (χ1n) is 10.6. The van der Waals surface area contributed by atoms with Crippen LogP contribution in [0.2, 0.25) is 5.02 Å². The van der Waals surface area contributed by atoms with E-state index in [0.29, 0.717) is 42.4 Å². The van der Waals surface area contributed by atoms with Crippen LogP contribution in [0.5, 0.6) is 11.5 Å². The third-order valence-electron chi connectivity index (χ3n) is 6.26. The van der Waals surface area contributed by atoms with E-state index >= 15 is 0 Å². The van der Waals surface area contributed by atoms with E-state index in [1.807, 2.05) is 0 Å². The number of carbonyl (C=O) groups is 1. The van der Waals surface area contributed by atoms with Crippen molar-refractivity contribution in [2.24, 2.45) is 0 Å². The summed E-state index contributed by atoms with van der Waals surface area (Å²) in [7, 11) is 0. The first-order valence-corrected chi connectivity index (χ1v) is 11.0. The molecule has 3 fully saturated rings. The largest absolute Gasteiger partial charge is 0.484 e. The molecular weight excluding hydrogens is 467 g/mol. The van der Waals surface area contributed by atoms with Crippen LogP contribution in [0.1, 0.15) is 31.0 Å². The zero-order valence-corrected chi connectivity index (χ0v) is 18.5. The maximum absolute atomic E-state index is 13.5. The van der Waals surface area contributed by atoms with Crippen molar-refractivity contribution in [1.29, 1.82) is 0 Å². The topological polar surface area (TPSA) is 113 Å². The molecule has 0 saturated heterocycles.